The standard InChI is InChI=1S/C13H13NO3/c15-12-5-4-9-2-3-10(8-11(9)14-12)13-16-6-1-7-17-13/h2-5,8,13H,1,6-7H2,(H,14,15). The second kappa shape index (κ2) is 4.31. The first-order chi connectivity index (χ1) is 8.33. The Hall–Kier alpha value is -1.65. The van der Waals surface area contributed by atoms with Crippen LogP contribution in [0.4, 0.5) is 0 Å². The summed E-state index contributed by atoms with van der Waals surface area (Å²) in [6.07, 6.45) is 0.623. The number of benzene rings is 1. The molecule has 88 valence electrons. The van der Waals surface area contributed by atoms with Crippen molar-refractivity contribution >= 4 is 10.9 Å². The Morgan fingerprint density at radius 2 is 1.88 bits per heavy atom. The van der Waals surface area contributed by atoms with E-state index in [1.807, 2.05) is 18.2 Å². The van der Waals surface area contributed by atoms with E-state index in [9.17, 15) is 4.79 Å². The Labute approximate surface area is 98.2 Å². The summed E-state index contributed by atoms with van der Waals surface area (Å²) in [6.45, 7) is 1.43. The van der Waals surface area contributed by atoms with E-state index in [0.717, 1.165) is 22.9 Å². The molecule has 0 radical (unpaired) electrons. The van der Waals surface area contributed by atoms with Gasteiger partial charge in [-0.3, -0.25) is 4.79 Å². The van der Waals surface area contributed by atoms with E-state index in [1.54, 1.807) is 6.07 Å². The van der Waals surface area contributed by atoms with Crippen molar-refractivity contribution in [1.29, 1.82) is 0 Å². The molecule has 17 heavy (non-hydrogen) atoms. The van der Waals surface area contributed by atoms with Gasteiger partial charge in [-0.05, 0) is 23.9 Å². The largest absolute Gasteiger partial charge is 0.348 e. The van der Waals surface area contributed by atoms with Crippen LogP contribution >= 0.6 is 0 Å². The van der Waals surface area contributed by atoms with Crippen LogP contribution in [0.2, 0.25) is 0 Å². The minimum atomic E-state index is -0.308. The van der Waals surface area contributed by atoms with Crippen molar-refractivity contribution < 1.29 is 9.47 Å². The molecule has 2 aromatic rings. The number of pyridine rings is 1. The van der Waals surface area contributed by atoms with Gasteiger partial charge in [0.25, 0.3) is 0 Å². The highest BCUT2D eigenvalue weighted by Crippen LogP contribution is 2.24. The first kappa shape index (κ1) is 10.5. The minimum Gasteiger partial charge on any atom is -0.348 e. The lowest BCUT2D eigenvalue weighted by atomic mass is 10.1. The van der Waals surface area contributed by atoms with Gasteiger partial charge in [0.05, 0.1) is 13.2 Å². The summed E-state index contributed by atoms with van der Waals surface area (Å²) in [5, 5.41) is 1.00. The number of ether oxygens (including phenoxy) is 2. The molecule has 1 aromatic heterocycles. The molecule has 0 aliphatic carbocycles. The Bertz CT molecular complexity index is 584. The highest BCUT2D eigenvalue weighted by molar-refractivity contribution is 5.78. The summed E-state index contributed by atoms with van der Waals surface area (Å²) in [7, 11) is 0. The van der Waals surface area contributed by atoms with Gasteiger partial charge < -0.3 is 14.5 Å². The molecule has 2 heterocycles. The van der Waals surface area contributed by atoms with Crippen LogP contribution < -0.4 is 5.56 Å². The fourth-order valence-corrected chi connectivity index (χ4v) is 1.99. The third-order valence-electron chi connectivity index (χ3n) is 2.85. The van der Waals surface area contributed by atoms with Gasteiger partial charge in [-0.2, -0.15) is 0 Å². The maximum Gasteiger partial charge on any atom is 0.248 e. The zero-order chi connectivity index (χ0) is 11.7. The lowest BCUT2D eigenvalue weighted by Gasteiger charge is -2.23. The minimum absolute atomic E-state index is 0.0971. The number of aromatic amines is 1. The van der Waals surface area contributed by atoms with Gasteiger partial charge in [-0.1, -0.05) is 12.1 Å². The van der Waals surface area contributed by atoms with Gasteiger partial charge in [0, 0.05) is 17.1 Å². The molecular formula is C13H13NO3. The highest BCUT2D eigenvalue weighted by Gasteiger charge is 2.16. The summed E-state index contributed by atoms with van der Waals surface area (Å²) in [5.41, 5.74) is 1.66. The maximum absolute atomic E-state index is 11.3. The normalized spacial score (nSPS) is 17.4. The van der Waals surface area contributed by atoms with E-state index < -0.39 is 0 Å². The third-order valence-corrected chi connectivity index (χ3v) is 2.85. The molecule has 0 amide bonds. The van der Waals surface area contributed by atoms with Crippen molar-refractivity contribution in [3.8, 4) is 0 Å². The van der Waals surface area contributed by atoms with E-state index in [0.29, 0.717) is 13.2 Å². The topological polar surface area (TPSA) is 51.3 Å². The second-order valence-corrected chi connectivity index (χ2v) is 4.10. The third kappa shape index (κ3) is 2.09. The Balaban J connectivity index is 2.02. The molecular weight excluding hydrogens is 218 g/mol. The van der Waals surface area contributed by atoms with Crippen LogP contribution in [0.15, 0.2) is 35.1 Å². The predicted molar refractivity (Wildman–Crippen MR) is 63.8 cm³/mol. The number of hydrogen-bond acceptors (Lipinski definition) is 3. The molecule has 1 saturated heterocycles. The van der Waals surface area contributed by atoms with E-state index in [-0.39, 0.29) is 11.8 Å². The van der Waals surface area contributed by atoms with Crippen molar-refractivity contribution in [3.05, 3.63) is 46.2 Å². The fraction of sp³-hybridized carbons (Fsp3) is 0.308. The molecule has 1 N–H and O–H groups in total. The molecule has 4 nitrogen and oxygen atoms in total. The van der Waals surface area contributed by atoms with E-state index in [4.69, 9.17) is 9.47 Å². The second-order valence-electron chi connectivity index (χ2n) is 4.10. The van der Waals surface area contributed by atoms with Crippen LogP contribution in [0.1, 0.15) is 18.3 Å². The van der Waals surface area contributed by atoms with Crippen LogP contribution in [0.5, 0.6) is 0 Å². The molecule has 1 fully saturated rings. The predicted octanol–water partition coefficient (Wildman–Crippen LogP) is 1.96. The molecule has 0 atom stereocenters. The first-order valence-electron chi connectivity index (χ1n) is 5.69. The fourth-order valence-electron chi connectivity index (χ4n) is 1.99. The summed E-state index contributed by atoms with van der Waals surface area (Å²) in [6, 6.07) is 9.17. The van der Waals surface area contributed by atoms with Crippen molar-refractivity contribution in [1.82, 2.24) is 4.98 Å². The van der Waals surface area contributed by atoms with E-state index in [1.165, 1.54) is 6.07 Å². The van der Waals surface area contributed by atoms with E-state index >= 15 is 0 Å². The average molecular weight is 231 g/mol. The summed E-state index contributed by atoms with van der Waals surface area (Å²) in [4.78, 5) is 14.1. The van der Waals surface area contributed by atoms with Crippen molar-refractivity contribution in [2.45, 2.75) is 12.7 Å². The highest BCUT2D eigenvalue weighted by atomic mass is 16.7. The Morgan fingerprint density at radius 3 is 2.71 bits per heavy atom. The molecule has 3 rings (SSSR count). The Kier molecular flexibility index (Phi) is 2.66. The number of nitrogens with one attached hydrogen (secondary N) is 1. The lowest BCUT2D eigenvalue weighted by Crippen LogP contribution is -2.17. The molecule has 0 bridgehead atoms. The van der Waals surface area contributed by atoms with E-state index in [2.05, 4.69) is 4.98 Å². The molecule has 1 aromatic carbocycles. The van der Waals surface area contributed by atoms with Gasteiger partial charge in [-0.15, -0.1) is 0 Å². The number of H-pyrrole nitrogens is 1. The van der Waals surface area contributed by atoms with Crippen molar-refractivity contribution in [3.63, 3.8) is 0 Å². The van der Waals surface area contributed by atoms with Crippen LogP contribution in [0.25, 0.3) is 10.9 Å². The van der Waals surface area contributed by atoms with Gasteiger partial charge >= 0.3 is 0 Å². The summed E-state index contributed by atoms with van der Waals surface area (Å²) < 4.78 is 11.1. The molecule has 4 heteroatoms. The quantitative estimate of drug-likeness (QED) is 0.816. The zero-order valence-corrected chi connectivity index (χ0v) is 9.31. The number of aromatic nitrogens is 1. The summed E-state index contributed by atoms with van der Waals surface area (Å²) in [5.74, 6) is 0. The SMILES string of the molecule is O=c1ccc2ccc(C3OCCCO3)cc2[nH]1. The van der Waals surface area contributed by atoms with Gasteiger partial charge in [0.2, 0.25) is 5.56 Å². The molecule has 1 aliphatic heterocycles. The van der Waals surface area contributed by atoms with Crippen LogP contribution in [-0.2, 0) is 9.47 Å². The van der Waals surface area contributed by atoms with Crippen molar-refractivity contribution in [2.75, 3.05) is 13.2 Å². The van der Waals surface area contributed by atoms with Crippen LogP contribution in [-0.4, -0.2) is 18.2 Å². The zero-order valence-electron chi connectivity index (χ0n) is 9.31. The first-order valence-corrected chi connectivity index (χ1v) is 5.69. The van der Waals surface area contributed by atoms with Crippen molar-refractivity contribution in [2.24, 2.45) is 0 Å². The maximum atomic E-state index is 11.3. The van der Waals surface area contributed by atoms with Gasteiger partial charge in [-0.25, -0.2) is 0 Å². The average Bonchev–Trinajstić information content (AvgIpc) is 2.39. The van der Waals surface area contributed by atoms with Gasteiger partial charge in [0.1, 0.15) is 0 Å². The Morgan fingerprint density at radius 1 is 1.12 bits per heavy atom. The lowest BCUT2D eigenvalue weighted by molar-refractivity contribution is -0.182. The van der Waals surface area contributed by atoms with Crippen LogP contribution in [0, 0.1) is 0 Å². The molecule has 0 spiro atoms. The smallest absolute Gasteiger partial charge is 0.248 e. The number of fused-ring (bicyclic) bond motifs is 1. The van der Waals surface area contributed by atoms with Crippen LogP contribution in [0.3, 0.4) is 0 Å². The molecule has 1 aliphatic rings. The number of hydrogen-bond donors (Lipinski definition) is 1. The van der Waals surface area contributed by atoms with Gasteiger partial charge in [0.15, 0.2) is 6.29 Å². The molecule has 0 saturated carbocycles. The molecule has 0 unspecified atom stereocenters. The monoisotopic (exact) mass is 231 g/mol. The number of rotatable bonds is 1. The summed E-state index contributed by atoms with van der Waals surface area (Å²) >= 11 is 0.